The van der Waals surface area contributed by atoms with Crippen molar-refractivity contribution >= 4 is 11.9 Å². The van der Waals surface area contributed by atoms with Crippen LogP contribution in [0.5, 0.6) is 0 Å². The molecule has 0 aromatic carbocycles. The molecule has 0 heterocycles. The van der Waals surface area contributed by atoms with Crippen LogP contribution in [0.3, 0.4) is 0 Å². The highest BCUT2D eigenvalue weighted by Gasteiger charge is 2.24. The number of nitrogens with two attached hydrogens (primary N) is 2. The normalized spacial score (nSPS) is 24.9. The van der Waals surface area contributed by atoms with E-state index in [0.29, 0.717) is 11.9 Å². The van der Waals surface area contributed by atoms with Crippen molar-refractivity contribution in [3.8, 4) is 0 Å². The zero-order chi connectivity index (χ0) is 13.5. The van der Waals surface area contributed by atoms with Gasteiger partial charge < -0.3 is 16.4 Å². The maximum absolute atomic E-state index is 11.1. The molecule has 0 aliphatic heterocycles. The fourth-order valence-electron chi connectivity index (χ4n) is 2.50. The van der Waals surface area contributed by atoms with Crippen molar-refractivity contribution in [2.45, 2.75) is 39.5 Å². The zero-order valence-electron chi connectivity index (χ0n) is 11.6. The number of nitrogens with zero attached hydrogens (tertiary/aromatic N) is 2. The molecule has 1 amide bonds. The number of primary amides is 1. The van der Waals surface area contributed by atoms with Crippen LogP contribution in [-0.4, -0.2) is 36.4 Å². The molecule has 5 heteroatoms. The summed E-state index contributed by atoms with van der Waals surface area (Å²) in [5.74, 6) is 1.11. The van der Waals surface area contributed by atoms with Crippen LogP contribution in [0, 0.1) is 11.8 Å². The van der Waals surface area contributed by atoms with Gasteiger partial charge in [-0.3, -0.25) is 9.79 Å². The van der Waals surface area contributed by atoms with Crippen LogP contribution in [0.2, 0.25) is 0 Å². The van der Waals surface area contributed by atoms with Crippen molar-refractivity contribution in [1.29, 1.82) is 0 Å². The van der Waals surface area contributed by atoms with Gasteiger partial charge in [0.25, 0.3) is 0 Å². The van der Waals surface area contributed by atoms with E-state index in [4.69, 9.17) is 11.5 Å². The first-order chi connectivity index (χ1) is 8.58. The minimum atomic E-state index is -0.153. The third-order valence-corrected chi connectivity index (χ3v) is 3.85. The Morgan fingerprint density at radius 1 is 1.17 bits per heavy atom. The van der Waals surface area contributed by atoms with Crippen molar-refractivity contribution in [3.63, 3.8) is 0 Å². The van der Waals surface area contributed by atoms with Gasteiger partial charge in [0.15, 0.2) is 5.96 Å². The Morgan fingerprint density at radius 3 is 2.17 bits per heavy atom. The number of guanidine groups is 1. The van der Waals surface area contributed by atoms with E-state index in [2.05, 4.69) is 23.7 Å². The third kappa shape index (κ3) is 4.20. The summed E-state index contributed by atoms with van der Waals surface area (Å²) >= 11 is 0. The van der Waals surface area contributed by atoms with E-state index in [9.17, 15) is 4.79 Å². The SMILES string of the molecule is CCN(CC)C(N)=NCC1CCC(C(N)=O)CC1. The molecule has 1 aliphatic rings. The molecular weight excluding hydrogens is 228 g/mol. The largest absolute Gasteiger partial charge is 0.370 e. The molecule has 1 rings (SSSR count). The topological polar surface area (TPSA) is 84.7 Å². The molecule has 4 N–H and O–H groups in total. The van der Waals surface area contributed by atoms with Gasteiger partial charge in [0.1, 0.15) is 0 Å². The molecule has 0 saturated heterocycles. The van der Waals surface area contributed by atoms with Crippen LogP contribution in [0.4, 0.5) is 0 Å². The minimum absolute atomic E-state index is 0.0744. The van der Waals surface area contributed by atoms with Gasteiger partial charge in [0.2, 0.25) is 5.91 Å². The smallest absolute Gasteiger partial charge is 0.220 e. The average molecular weight is 254 g/mol. The molecule has 1 aliphatic carbocycles. The zero-order valence-corrected chi connectivity index (χ0v) is 11.6. The van der Waals surface area contributed by atoms with Gasteiger partial charge >= 0.3 is 0 Å². The Labute approximate surface area is 110 Å². The van der Waals surface area contributed by atoms with Gasteiger partial charge in [-0.15, -0.1) is 0 Å². The summed E-state index contributed by atoms with van der Waals surface area (Å²) in [6.07, 6.45) is 3.87. The predicted molar refractivity (Wildman–Crippen MR) is 74.1 cm³/mol. The van der Waals surface area contributed by atoms with Crippen LogP contribution in [0.15, 0.2) is 4.99 Å². The molecule has 0 aromatic heterocycles. The highest BCUT2D eigenvalue weighted by Crippen LogP contribution is 2.28. The van der Waals surface area contributed by atoms with Crippen LogP contribution >= 0.6 is 0 Å². The Bertz CT molecular complexity index is 291. The van der Waals surface area contributed by atoms with E-state index in [1.165, 1.54) is 0 Å². The van der Waals surface area contributed by atoms with E-state index in [1.54, 1.807) is 0 Å². The molecule has 18 heavy (non-hydrogen) atoms. The van der Waals surface area contributed by atoms with Crippen LogP contribution in [0.25, 0.3) is 0 Å². The number of carbonyl (C=O) groups excluding carboxylic acids is 1. The van der Waals surface area contributed by atoms with E-state index in [-0.39, 0.29) is 11.8 Å². The molecule has 1 fully saturated rings. The molecule has 0 radical (unpaired) electrons. The average Bonchev–Trinajstić information content (AvgIpc) is 2.38. The summed E-state index contributed by atoms with van der Waals surface area (Å²) in [7, 11) is 0. The fourth-order valence-corrected chi connectivity index (χ4v) is 2.50. The van der Waals surface area contributed by atoms with E-state index in [0.717, 1.165) is 45.3 Å². The van der Waals surface area contributed by atoms with Crippen LogP contribution < -0.4 is 11.5 Å². The van der Waals surface area contributed by atoms with Crippen molar-refractivity contribution in [2.75, 3.05) is 19.6 Å². The quantitative estimate of drug-likeness (QED) is 0.565. The number of aliphatic imine (C=N–C) groups is 1. The molecular formula is C13H26N4O. The Kier molecular flexibility index (Phi) is 5.95. The highest BCUT2D eigenvalue weighted by molar-refractivity contribution is 5.78. The van der Waals surface area contributed by atoms with Crippen molar-refractivity contribution in [1.82, 2.24) is 4.90 Å². The second kappa shape index (κ2) is 7.24. The highest BCUT2D eigenvalue weighted by atomic mass is 16.1. The van der Waals surface area contributed by atoms with Gasteiger partial charge in [-0.25, -0.2) is 0 Å². The second-order valence-electron chi connectivity index (χ2n) is 4.99. The lowest BCUT2D eigenvalue weighted by atomic mass is 9.82. The third-order valence-electron chi connectivity index (χ3n) is 3.85. The van der Waals surface area contributed by atoms with Crippen molar-refractivity contribution in [2.24, 2.45) is 28.3 Å². The number of carbonyl (C=O) groups is 1. The van der Waals surface area contributed by atoms with Crippen LogP contribution in [0.1, 0.15) is 39.5 Å². The molecule has 104 valence electrons. The van der Waals surface area contributed by atoms with Gasteiger partial charge in [-0.2, -0.15) is 0 Å². The summed E-state index contributed by atoms with van der Waals surface area (Å²) in [5, 5.41) is 0. The monoisotopic (exact) mass is 254 g/mol. The molecule has 0 atom stereocenters. The van der Waals surface area contributed by atoms with Crippen molar-refractivity contribution in [3.05, 3.63) is 0 Å². The van der Waals surface area contributed by atoms with Gasteiger partial charge in [0, 0.05) is 25.6 Å². The summed E-state index contributed by atoms with van der Waals surface area (Å²) in [5.41, 5.74) is 11.3. The molecule has 0 bridgehead atoms. The van der Waals surface area contributed by atoms with E-state index in [1.807, 2.05) is 0 Å². The lowest BCUT2D eigenvalue weighted by Gasteiger charge is -2.26. The summed E-state index contributed by atoms with van der Waals surface area (Å²) < 4.78 is 0. The summed E-state index contributed by atoms with van der Waals surface area (Å²) in [4.78, 5) is 17.6. The van der Waals surface area contributed by atoms with Crippen molar-refractivity contribution < 1.29 is 4.79 Å². The first-order valence-corrected chi connectivity index (χ1v) is 6.92. The molecule has 0 spiro atoms. The molecule has 0 aromatic rings. The Morgan fingerprint density at radius 2 is 1.72 bits per heavy atom. The summed E-state index contributed by atoms with van der Waals surface area (Å²) in [6.45, 7) is 6.70. The molecule has 0 unspecified atom stereocenters. The standard InChI is InChI=1S/C13H26N4O/c1-3-17(4-2)13(15)16-9-10-5-7-11(8-6-10)12(14)18/h10-11H,3-9H2,1-2H3,(H2,14,18)(H2,15,16). The maximum Gasteiger partial charge on any atom is 0.220 e. The predicted octanol–water partition coefficient (Wildman–Crippen LogP) is 0.935. The first kappa shape index (κ1) is 14.8. The lowest BCUT2D eigenvalue weighted by molar-refractivity contribution is -0.122. The minimum Gasteiger partial charge on any atom is -0.370 e. The lowest BCUT2D eigenvalue weighted by Crippen LogP contribution is -2.37. The van der Waals surface area contributed by atoms with Crippen LogP contribution in [-0.2, 0) is 4.79 Å². The Balaban J connectivity index is 2.37. The number of hydrogen-bond donors (Lipinski definition) is 2. The second-order valence-corrected chi connectivity index (χ2v) is 4.99. The van der Waals surface area contributed by atoms with Gasteiger partial charge in [-0.1, -0.05) is 0 Å². The van der Waals surface area contributed by atoms with E-state index < -0.39 is 0 Å². The number of rotatable bonds is 5. The maximum atomic E-state index is 11.1. The summed E-state index contributed by atoms with van der Waals surface area (Å²) in [6, 6.07) is 0. The van der Waals surface area contributed by atoms with Gasteiger partial charge in [0.05, 0.1) is 0 Å². The Hall–Kier alpha value is -1.26. The fraction of sp³-hybridized carbons (Fsp3) is 0.846. The molecule has 1 saturated carbocycles. The first-order valence-electron chi connectivity index (χ1n) is 6.92. The molecule has 5 nitrogen and oxygen atoms in total. The van der Waals surface area contributed by atoms with Gasteiger partial charge in [-0.05, 0) is 45.4 Å². The number of hydrogen-bond acceptors (Lipinski definition) is 2. The number of amides is 1. The van der Waals surface area contributed by atoms with E-state index >= 15 is 0 Å².